The molecule has 0 N–H and O–H groups in total. The molecule has 0 aliphatic carbocycles. The molecule has 0 saturated heterocycles. The fourth-order valence-corrected chi connectivity index (χ4v) is 4.76. The highest BCUT2D eigenvalue weighted by atomic mass is 15.1. The standard InChI is InChI=1S/C37H32N5/c1-41(2)33-17-13-28(14-18-33)9-10-29-19-23-42(24-20-29)27-30-11-15-31(16-12-30)32-25-36(34-7-3-5-21-38-34)40-37(26-32)35-8-4-6-22-39-35/h3-26H,27H2,1-2H3/q+1. The summed E-state index contributed by atoms with van der Waals surface area (Å²) in [4.78, 5) is 16.1. The van der Waals surface area contributed by atoms with Crippen LogP contribution in [0, 0.1) is 0 Å². The van der Waals surface area contributed by atoms with Crippen molar-refractivity contribution in [3.05, 3.63) is 151 Å². The Balaban J connectivity index is 1.18. The topological polar surface area (TPSA) is 45.8 Å². The Morgan fingerprint density at radius 1 is 0.595 bits per heavy atom. The Morgan fingerprint density at radius 2 is 1.17 bits per heavy atom. The van der Waals surface area contributed by atoms with Crippen LogP contribution in [0.15, 0.2) is 134 Å². The highest BCUT2D eigenvalue weighted by Gasteiger charge is 2.11. The van der Waals surface area contributed by atoms with E-state index in [9.17, 15) is 0 Å². The van der Waals surface area contributed by atoms with Crippen molar-refractivity contribution in [3.63, 3.8) is 0 Å². The molecule has 0 radical (unpaired) electrons. The second kappa shape index (κ2) is 12.4. The van der Waals surface area contributed by atoms with E-state index in [1.165, 1.54) is 22.4 Å². The Bertz CT molecular complexity index is 1720. The highest BCUT2D eigenvalue weighted by molar-refractivity contribution is 5.75. The van der Waals surface area contributed by atoms with Gasteiger partial charge in [-0.2, -0.15) is 0 Å². The molecule has 6 rings (SSSR count). The van der Waals surface area contributed by atoms with Crippen molar-refractivity contribution in [2.45, 2.75) is 6.54 Å². The Hall–Kier alpha value is -5.42. The zero-order valence-corrected chi connectivity index (χ0v) is 23.8. The van der Waals surface area contributed by atoms with Crippen molar-refractivity contribution in [1.29, 1.82) is 0 Å². The summed E-state index contributed by atoms with van der Waals surface area (Å²) in [6, 6.07) is 37.5. The molecule has 0 amide bonds. The molecular weight excluding hydrogens is 514 g/mol. The zero-order chi connectivity index (χ0) is 28.7. The zero-order valence-electron chi connectivity index (χ0n) is 23.8. The average molecular weight is 547 g/mol. The normalized spacial score (nSPS) is 11.1. The van der Waals surface area contributed by atoms with Crippen LogP contribution < -0.4 is 9.47 Å². The second-order valence-electron chi connectivity index (χ2n) is 10.4. The monoisotopic (exact) mass is 546 g/mol. The van der Waals surface area contributed by atoms with Crippen LogP contribution in [0.5, 0.6) is 0 Å². The summed E-state index contributed by atoms with van der Waals surface area (Å²) in [7, 11) is 4.11. The molecule has 4 aromatic heterocycles. The maximum atomic E-state index is 4.89. The number of nitrogens with zero attached hydrogens (tertiary/aromatic N) is 5. The van der Waals surface area contributed by atoms with Gasteiger partial charge in [0.2, 0.25) is 0 Å². The number of hydrogen-bond donors (Lipinski definition) is 0. The molecule has 6 aromatic rings. The van der Waals surface area contributed by atoms with Gasteiger partial charge < -0.3 is 4.90 Å². The molecule has 204 valence electrons. The summed E-state index contributed by atoms with van der Waals surface area (Å²) in [6.07, 6.45) is 12.1. The molecule has 5 heteroatoms. The number of pyridine rings is 4. The van der Waals surface area contributed by atoms with Gasteiger partial charge in [-0.1, -0.05) is 60.7 Å². The summed E-state index contributed by atoms with van der Waals surface area (Å²) in [6.45, 7) is 0.797. The van der Waals surface area contributed by atoms with E-state index >= 15 is 0 Å². The van der Waals surface area contributed by atoms with E-state index in [4.69, 9.17) is 4.98 Å². The van der Waals surface area contributed by atoms with Gasteiger partial charge in [0.05, 0.1) is 22.8 Å². The lowest BCUT2D eigenvalue weighted by Gasteiger charge is -2.11. The minimum atomic E-state index is 0.797. The van der Waals surface area contributed by atoms with Gasteiger partial charge >= 0.3 is 0 Å². The van der Waals surface area contributed by atoms with Gasteiger partial charge in [-0.3, -0.25) is 9.97 Å². The number of benzene rings is 2. The van der Waals surface area contributed by atoms with Crippen LogP contribution in [0.2, 0.25) is 0 Å². The van der Waals surface area contributed by atoms with Gasteiger partial charge in [-0.25, -0.2) is 9.55 Å². The Morgan fingerprint density at radius 3 is 1.69 bits per heavy atom. The van der Waals surface area contributed by atoms with Gasteiger partial charge in [0, 0.05) is 49.9 Å². The summed E-state index contributed by atoms with van der Waals surface area (Å²) in [5, 5.41) is 0. The molecule has 42 heavy (non-hydrogen) atoms. The summed E-state index contributed by atoms with van der Waals surface area (Å²) >= 11 is 0. The van der Waals surface area contributed by atoms with Crippen molar-refractivity contribution in [2.75, 3.05) is 19.0 Å². The van der Waals surface area contributed by atoms with Crippen molar-refractivity contribution in [3.8, 4) is 33.9 Å². The SMILES string of the molecule is CN(C)c1ccc(/C=C/c2cc[n+](Cc3ccc(-c4cc(-c5ccccn5)nc(-c5ccccn5)c4)cc3)cc2)cc1. The van der Waals surface area contributed by atoms with Crippen LogP contribution in [0.3, 0.4) is 0 Å². The molecule has 2 aromatic carbocycles. The van der Waals surface area contributed by atoms with Gasteiger partial charge in [0.15, 0.2) is 18.9 Å². The van der Waals surface area contributed by atoms with Crippen LogP contribution in [0.1, 0.15) is 16.7 Å². The summed E-state index contributed by atoms with van der Waals surface area (Å²) in [5.41, 5.74) is 10.3. The molecule has 5 nitrogen and oxygen atoms in total. The van der Waals surface area contributed by atoms with E-state index in [1.807, 2.05) is 36.4 Å². The lowest BCUT2D eigenvalue weighted by atomic mass is 10.0. The first-order valence-corrected chi connectivity index (χ1v) is 14.0. The maximum Gasteiger partial charge on any atom is 0.173 e. The van der Waals surface area contributed by atoms with E-state index in [1.54, 1.807) is 12.4 Å². The van der Waals surface area contributed by atoms with Crippen LogP contribution in [-0.2, 0) is 6.54 Å². The van der Waals surface area contributed by atoms with Gasteiger partial charge in [0.1, 0.15) is 0 Å². The fraction of sp³-hybridized carbons (Fsp3) is 0.0811. The molecule has 0 bridgehead atoms. The van der Waals surface area contributed by atoms with Crippen LogP contribution in [0.4, 0.5) is 5.69 Å². The van der Waals surface area contributed by atoms with Crippen molar-refractivity contribution < 1.29 is 4.57 Å². The highest BCUT2D eigenvalue weighted by Crippen LogP contribution is 2.29. The minimum Gasteiger partial charge on any atom is -0.378 e. The molecule has 0 aliphatic rings. The molecule has 0 aliphatic heterocycles. The third-order valence-electron chi connectivity index (χ3n) is 7.13. The van der Waals surface area contributed by atoms with Crippen LogP contribution >= 0.6 is 0 Å². The minimum absolute atomic E-state index is 0.797. The van der Waals surface area contributed by atoms with E-state index in [2.05, 4.69) is 131 Å². The molecule has 4 heterocycles. The van der Waals surface area contributed by atoms with Gasteiger partial charge in [-0.05, 0) is 70.8 Å². The number of rotatable bonds is 8. The smallest absolute Gasteiger partial charge is 0.173 e. The first-order valence-electron chi connectivity index (χ1n) is 14.0. The average Bonchev–Trinajstić information content (AvgIpc) is 3.05. The number of anilines is 1. The van der Waals surface area contributed by atoms with E-state index in [0.29, 0.717) is 0 Å². The lowest BCUT2D eigenvalue weighted by molar-refractivity contribution is -0.688. The third-order valence-corrected chi connectivity index (χ3v) is 7.13. The van der Waals surface area contributed by atoms with Crippen LogP contribution in [-0.4, -0.2) is 29.0 Å². The Labute approximate surface area is 247 Å². The first kappa shape index (κ1) is 26.8. The molecule has 0 saturated carbocycles. The number of hydrogen-bond acceptors (Lipinski definition) is 4. The van der Waals surface area contributed by atoms with E-state index in [0.717, 1.165) is 40.4 Å². The van der Waals surface area contributed by atoms with E-state index < -0.39 is 0 Å². The molecule has 0 atom stereocenters. The molecular formula is C37H32N5+. The number of aromatic nitrogens is 4. The first-order chi connectivity index (χ1) is 20.6. The van der Waals surface area contributed by atoms with Gasteiger partial charge in [-0.15, -0.1) is 0 Å². The second-order valence-corrected chi connectivity index (χ2v) is 10.4. The summed E-state index contributed by atoms with van der Waals surface area (Å²) < 4.78 is 2.20. The quantitative estimate of drug-likeness (QED) is 0.186. The lowest BCUT2D eigenvalue weighted by Crippen LogP contribution is -2.33. The van der Waals surface area contributed by atoms with Crippen molar-refractivity contribution in [1.82, 2.24) is 15.0 Å². The Kier molecular flexibility index (Phi) is 7.91. The predicted octanol–water partition coefficient (Wildman–Crippen LogP) is 7.44. The predicted molar refractivity (Wildman–Crippen MR) is 172 cm³/mol. The van der Waals surface area contributed by atoms with Gasteiger partial charge in [0.25, 0.3) is 0 Å². The maximum absolute atomic E-state index is 4.89. The molecule has 0 fully saturated rings. The van der Waals surface area contributed by atoms with Crippen molar-refractivity contribution in [2.24, 2.45) is 0 Å². The van der Waals surface area contributed by atoms with Crippen LogP contribution in [0.25, 0.3) is 46.1 Å². The van der Waals surface area contributed by atoms with Crippen molar-refractivity contribution >= 4 is 17.8 Å². The largest absolute Gasteiger partial charge is 0.378 e. The fourth-order valence-electron chi connectivity index (χ4n) is 4.76. The summed E-state index contributed by atoms with van der Waals surface area (Å²) in [5.74, 6) is 0. The third kappa shape index (κ3) is 6.48. The molecule has 0 unspecified atom stereocenters. The molecule has 0 spiro atoms. The van der Waals surface area contributed by atoms with E-state index in [-0.39, 0.29) is 0 Å².